The molecule has 25 heavy (non-hydrogen) atoms. The van der Waals surface area contributed by atoms with Crippen LogP contribution in [0.4, 0.5) is 8.78 Å². The molecular formula is C19H23F2NO3. The van der Waals surface area contributed by atoms with E-state index in [1.165, 1.54) is 0 Å². The van der Waals surface area contributed by atoms with E-state index in [0.717, 1.165) is 11.3 Å². The maximum absolute atomic E-state index is 13.7. The molecule has 3 rings (SSSR count). The van der Waals surface area contributed by atoms with Crippen molar-refractivity contribution in [1.29, 1.82) is 5.26 Å². The van der Waals surface area contributed by atoms with E-state index in [1.807, 2.05) is 30.3 Å². The summed E-state index contributed by atoms with van der Waals surface area (Å²) < 4.78 is 38.1. The Morgan fingerprint density at radius 1 is 1.28 bits per heavy atom. The minimum Gasteiger partial charge on any atom is -0.497 e. The van der Waals surface area contributed by atoms with Gasteiger partial charge in [-0.3, -0.25) is 0 Å². The predicted molar refractivity (Wildman–Crippen MR) is 87.1 cm³/mol. The van der Waals surface area contributed by atoms with Crippen LogP contribution in [0.1, 0.15) is 31.2 Å². The second-order valence-corrected chi connectivity index (χ2v) is 7.23. The normalized spacial score (nSPS) is 33.5. The second kappa shape index (κ2) is 6.89. The summed E-state index contributed by atoms with van der Waals surface area (Å²) in [6, 6.07) is 9.38. The summed E-state index contributed by atoms with van der Waals surface area (Å²) in [6.07, 6.45) is 0.0276. The van der Waals surface area contributed by atoms with E-state index in [1.54, 1.807) is 7.11 Å². The summed E-state index contributed by atoms with van der Waals surface area (Å²) in [5.41, 5.74) is -0.624. The number of fused-ring (bicyclic) bond motifs is 1. The summed E-state index contributed by atoms with van der Waals surface area (Å²) in [5, 5.41) is 20.0. The molecule has 1 N–H and O–H groups in total. The topological polar surface area (TPSA) is 62.5 Å². The molecule has 0 spiro atoms. The summed E-state index contributed by atoms with van der Waals surface area (Å²) in [6.45, 7) is 0.540. The van der Waals surface area contributed by atoms with Gasteiger partial charge in [0.15, 0.2) is 5.60 Å². The van der Waals surface area contributed by atoms with Crippen molar-refractivity contribution in [2.75, 3.05) is 13.7 Å². The summed E-state index contributed by atoms with van der Waals surface area (Å²) >= 11 is 0. The van der Waals surface area contributed by atoms with Gasteiger partial charge in [0.1, 0.15) is 5.75 Å². The first-order valence-electron chi connectivity index (χ1n) is 8.59. The molecule has 2 saturated carbocycles. The van der Waals surface area contributed by atoms with Crippen molar-refractivity contribution in [1.82, 2.24) is 0 Å². The van der Waals surface area contributed by atoms with E-state index in [0.29, 0.717) is 13.0 Å². The summed E-state index contributed by atoms with van der Waals surface area (Å²) in [5.74, 6) is -2.75. The number of aliphatic hydroxyl groups is 1. The third-order valence-electron chi connectivity index (χ3n) is 5.63. The Hall–Kier alpha value is -1.71. The molecule has 0 bridgehead atoms. The molecule has 4 nitrogen and oxygen atoms in total. The number of benzene rings is 1. The molecule has 1 unspecified atom stereocenters. The first-order chi connectivity index (χ1) is 11.9. The third kappa shape index (κ3) is 3.78. The van der Waals surface area contributed by atoms with E-state index in [2.05, 4.69) is 0 Å². The van der Waals surface area contributed by atoms with Gasteiger partial charge in [-0.05, 0) is 42.4 Å². The Morgan fingerprint density at radius 3 is 2.64 bits per heavy atom. The van der Waals surface area contributed by atoms with Crippen LogP contribution in [0.2, 0.25) is 0 Å². The van der Waals surface area contributed by atoms with Crippen LogP contribution in [0.15, 0.2) is 24.3 Å². The van der Waals surface area contributed by atoms with Crippen LogP contribution in [0.5, 0.6) is 5.75 Å². The maximum Gasteiger partial charge on any atom is 0.248 e. The highest BCUT2D eigenvalue weighted by molar-refractivity contribution is 5.26. The lowest BCUT2D eigenvalue weighted by Gasteiger charge is -2.34. The second-order valence-electron chi connectivity index (χ2n) is 7.23. The molecule has 0 amide bonds. The first-order valence-corrected chi connectivity index (χ1v) is 8.59. The van der Waals surface area contributed by atoms with Crippen molar-refractivity contribution in [3.05, 3.63) is 29.8 Å². The SMILES string of the molecule is COc1ccc(COC[C@@H]2[C@@H]3CCC(F)(F)C[C@H]3CC2(O)C#N)cc1. The highest BCUT2D eigenvalue weighted by Gasteiger charge is 2.57. The van der Waals surface area contributed by atoms with Crippen molar-refractivity contribution in [2.24, 2.45) is 17.8 Å². The quantitative estimate of drug-likeness (QED) is 0.824. The standard InChI is InChI=1S/C19H23F2NO3/c1-24-15-4-2-13(3-5-15)10-25-11-17-16-6-7-19(20,21)9-14(16)8-18(17,23)12-22/h2-5,14,16-17,23H,6-11H2,1H3/t14-,16-,17-,18?/m1/s1. The molecule has 0 saturated heterocycles. The van der Waals surface area contributed by atoms with Crippen molar-refractivity contribution in [3.63, 3.8) is 0 Å². The van der Waals surface area contributed by atoms with Crippen LogP contribution in [0.3, 0.4) is 0 Å². The number of ether oxygens (including phenoxy) is 2. The van der Waals surface area contributed by atoms with Gasteiger partial charge in [-0.2, -0.15) is 5.26 Å². The summed E-state index contributed by atoms with van der Waals surface area (Å²) in [7, 11) is 1.60. The first kappa shape index (κ1) is 18.1. The zero-order valence-corrected chi connectivity index (χ0v) is 14.3. The van der Waals surface area contributed by atoms with Crippen LogP contribution in [-0.2, 0) is 11.3 Å². The Morgan fingerprint density at radius 2 is 2.00 bits per heavy atom. The summed E-state index contributed by atoms with van der Waals surface area (Å²) in [4.78, 5) is 0. The predicted octanol–water partition coefficient (Wildman–Crippen LogP) is 3.54. The van der Waals surface area contributed by atoms with Gasteiger partial charge < -0.3 is 14.6 Å². The fraction of sp³-hybridized carbons (Fsp3) is 0.632. The minimum atomic E-state index is -2.68. The van der Waals surface area contributed by atoms with Crippen molar-refractivity contribution in [2.45, 2.75) is 43.8 Å². The number of alkyl halides is 2. The van der Waals surface area contributed by atoms with Gasteiger partial charge in [0, 0.05) is 18.8 Å². The van der Waals surface area contributed by atoms with Gasteiger partial charge in [-0.15, -0.1) is 0 Å². The molecule has 1 aromatic carbocycles. The maximum atomic E-state index is 13.7. The Labute approximate surface area is 146 Å². The van der Waals surface area contributed by atoms with Crippen LogP contribution in [0, 0.1) is 29.1 Å². The van der Waals surface area contributed by atoms with Crippen molar-refractivity contribution >= 4 is 0 Å². The van der Waals surface area contributed by atoms with E-state index in [4.69, 9.17) is 9.47 Å². The largest absolute Gasteiger partial charge is 0.497 e. The molecule has 2 aliphatic carbocycles. The van der Waals surface area contributed by atoms with E-state index in [9.17, 15) is 19.1 Å². The molecule has 4 atom stereocenters. The van der Waals surface area contributed by atoms with E-state index < -0.39 is 17.4 Å². The van der Waals surface area contributed by atoms with E-state index >= 15 is 0 Å². The molecule has 2 aliphatic rings. The van der Waals surface area contributed by atoms with Crippen LogP contribution >= 0.6 is 0 Å². The molecule has 136 valence electrons. The van der Waals surface area contributed by atoms with Crippen LogP contribution in [-0.4, -0.2) is 30.3 Å². The van der Waals surface area contributed by atoms with Crippen LogP contribution in [0.25, 0.3) is 0 Å². The monoisotopic (exact) mass is 351 g/mol. The smallest absolute Gasteiger partial charge is 0.248 e. The number of rotatable bonds is 5. The highest BCUT2D eigenvalue weighted by Crippen LogP contribution is 2.54. The van der Waals surface area contributed by atoms with Crippen LogP contribution < -0.4 is 4.74 Å². The molecular weight excluding hydrogens is 328 g/mol. The number of nitrogens with zero attached hydrogens (tertiary/aromatic N) is 1. The minimum absolute atomic E-state index is 0.0832. The van der Waals surface area contributed by atoms with Gasteiger partial charge in [-0.25, -0.2) is 8.78 Å². The number of halogens is 2. The molecule has 1 aromatic rings. The Bertz CT molecular complexity index is 643. The van der Waals surface area contributed by atoms with Gasteiger partial charge in [0.25, 0.3) is 0 Å². The lowest BCUT2D eigenvalue weighted by molar-refractivity contribution is -0.0740. The number of methoxy groups -OCH3 is 1. The van der Waals surface area contributed by atoms with Gasteiger partial charge in [0.2, 0.25) is 5.92 Å². The van der Waals surface area contributed by atoms with Crippen molar-refractivity contribution < 1.29 is 23.4 Å². The number of nitriles is 1. The molecule has 6 heteroatoms. The van der Waals surface area contributed by atoms with E-state index in [-0.39, 0.29) is 37.7 Å². The lowest BCUT2D eigenvalue weighted by atomic mass is 9.76. The molecule has 2 fully saturated rings. The zero-order chi connectivity index (χ0) is 18.1. The number of hydrogen-bond acceptors (Lipinski definition) is 4. The Kier molecular flexibility index (Phi) is 4.99. The molecule has 0 radical (unpaired) electrons. The highest BCUT2D eigenvalue weighted by atomic mass is 19.3. The van der Waals surface area contributed by atoms with Crippen molar-refractivity contribution in [3.8, 4) is 11.8 Å². The fourth-order valence-electron chi connectivity index (χ4n) is 4.32. The molecule has 0 heterocycles. The molecule has 0 aliphatic heterocycles. The Balaban J connectivity index is 1.62. The number of hydrogen-bond donors (Lipinski definition) is 1. The van der Waals surface area contributed by atoms with Gasteiger partial charge in [0.05, 0.1) is 26.4 Å². The van der Waals surface area contributed by atoms with Gasteiger partial charge >= 0.3 is 0 Å². The average Bonchev–Trinajstić information content (AvgIpc) is 2.86. The lowest BCUT2D eigenvalue weighted by Crippen LogP contribution is -2.38. The van der Waals surface area contributed by atoms with Gasteiger partial charge in [-0.1, -0.05) is 12.1 Å². The fourth-order valence-corrected chi connectivity index (χ4v) is 4.32. The molecule has 0 aromatic heterocycles. The third-order valence-corrected chi connectivity index (χ3v) is 5.63. The zero-order valence-electron chi connectivity index (χ0n) is 14.3. The average molecular weight is 351 g/mol.